The van der Waals surface area contributed by atoms with E-state index in [1.165, 1.54) is 0 Å². The molecule has 1 aliphatic rings. The van der Waals surface area contributed by atoms with Gasteiger partial charge >= 0.3 is 0 Å². The van der Waals surface area contributed by atoms with Crippen LogP contribution in [0, 0.1) is 27.7 Å². The number of unbranched alkanes of at least 4 members (excludes halogenated alkanes) is 1. The molecule has 1 fully saturated rings. The molecule has 6 heteroatoms. The van der Waals surface area contributed by atoms with E-state index in [0.717, 1.165) is 75.0 Å². The molecule has 5 nitrogen and oxygen atoms in total. The second kappa shape index (κ2) is 10.6. The quantitative estimate of drug-likeness (QED) is 0.231. The Kier molecular flexibility index (Phi) is 7.25. The Morgan fingerprint density at radius 1 is 0.946 bits per heavy atom. The second-order valence-electron chi connectivity index (χ2n) is 10.2. The minimum absolute atomic E-state index is 0.0650. The lowest BCUT2D eigenvalue weighted by molar-refractivity contribution is -0.117. The summed E-state index contributed by atoms with van der Waals surface area (Å²) < 4.78 is 8.34. The fourth-order valence-corrected chi connectivity index (χ4v) is 5.63. The molecule has 5 rings (SSSR count). The number of halogens is 1. The van der Waals surface area contributed by atoms with E-state index in [4.69, 9.17) is 21.3 Å². The van der Waals surface area contributed by atoms with Gasteiger partial charge in [0.2, 0.25) is 5.91 Å². The van der Waals surface area contributed by atoms with Gasteiger partial charge in [0.25, 0.3) is 0 Å². The van der Waals surface area contributed by atoms with Gasteiger partial charge in [-0.3, -0.25) is 4.79 Å². The van der Waals surface area contributed by atoms with Crippen molar-refractivity contribution in [3.8, 4) is 5.75 Å². The number of aryl methyl sites for hydroxylation is 5. The first kappa shape index (κ1) is 25.3. The fourth-order valence-electron chi connectivity index (χ4n) is 5.52. The normalized spacial score (nSPS) is 15.6. The van der Waals surface area contributed by atoms with Crippen molar-refractivity contribution in [1.82, 2.24) is 9.55 Å². The van der Waals surface area contributed by atoms with Crippen LogP contribution in [0.4, 0.5) is 5.69 Å². The van der Waals surface area contributed by atoms with E-state index in [1.807, 2.05) is 43.0 Å². The van der Waals surface area contributed by atoms with Crippen LogP contribution in [-0.2, 0) is 11.3 Å². The first-order valence-corrected chi connectivity index (χ1v) is 13.4. The molecule has 0 saturated carbocycles. The summed E-state index contributed by atoms with van der Waals surface area (Å²) in [6.07, 6.45) is 2.36. The summed E-state index contributed by atoms with van der Waals surface area (Å²) in [5.74, 6) is 2.11. The van der Waals surface area contributed by atoms with Gasteiger partial charge < -0.3 is 14.2 Å². The molecule has 1 unspecified atom stereocenters. The number of anilines is 1. The molecule has 192 valence electrons. The largest absolute Gasteiger partial charge is 0.494 e. The zero-order valence-corrected chi connectivity index (χ0v) is 22.8. The van der Waals surface area contributed by atoms with E-state index in [9.17, 15) is 4.79 Å². The molecular weight excluding hydrogens is 482 g/mol. The molecule has 0 spiro atoms. The highest BCUT2D eigenvalue weighted by Crippen LogP contribution is 2.36. The number of carbonyl (C=O) groups excluding carboxylic acids is 1. The molecule has 1 aromatic heterocycles. The van der Waals surface area contributed by atoms with E-state index in [2.05, 4.69) is 48.7 Å². The predicted octanol–water partition coefficient (Wildman–Crippen LogP) is 7.30. The van der Waals surface area contributed by atoms with Crippen molar-refractivity contribution >= 4 is 34.2 Å². The van der Waals surface area contributed by atoms with Crippen LogP contribution in [0.3, 0.4) is 0 Å². The number of amides is 1. The number of hydrogen-bond donors (Lipinski definition) is 0. The summed E-state index contributed by atoms with van der Waals surface area (Å²) in [5.41, 5.74) is 7.49. The number of ether oxygens (including phenoxy) is 1. The van der Waals surface area contributed by atoms with Crippen LogP contribution in [0.2, 0.25) is 5.02 Å². The molecule has 0 aliphatic carbocycles. The second-order valence-corrected chi connectivity index (χ2v) is 10.6. The van der Waals surface area contributed by atoms with Crippen LogP contribution in [0.5, 0.6) is 5.75 Å². The number of hydrogen-bond acceptors (Lipinski definition) is 3. The van der Waals surface area contributed by atoms with Gasteiger partial charge in [-0.2, -0.15) is 0 Å². The van der Waals surface area contributed by atoms with Crippen LogP contribution in [0.15, 0.2) is 54.6 Å². The maximum absolute atomic E-state index is 13.2. The average molecular weight is 516 g/mol. The number of rotatable bonds is 8. The number of imidazole rings is 1. The molecule has 1 atom stereocenters. The molecule has 2 heterocycles. The number of aromatic nitrogens is 2. The van der Waals surface area contributed by atoms with Crippen LogP contribution >= 0.6 is 11.6 Å². The number of nitrogens with zero attached hydrogens (tertiary/aromatic N) is 3. The smallest absolute Gasteiger partial charge is 0.227 e. The van der Waals surface area contributed by atoms with Gasteiger partial charge in [0, 0.05) is 36.1 Å². The molecule has 1 saturated heterocycles. The zero-order valence-electron chi connectivity index (χ0n) is 22.1. The van der Waals surface area contributed by atoms with Gasteiger partial charge in [-0.15, -0.1) is 0 Å². The van der Waals surface area contributed by atoms with Crippen molar-refractivity contribution in [1.29, 1.82) is 0 Å². The van der Waals surface area contributed by atoms with Gasteiger partial charge in [0.15, 0.2) is 0 Å². The Morgan fingerprint density at radius 2 is 1.65 bits per heavy atom. The minimum atomic E-state index is 0.0650. The summed E-state index contributed by atoms with van der Waals surface area (Å²) in [7, 11) is 0. The monoisotopic (exact) mass is 515 g/mol. The number of para-hydroxylation sites is 3. The van der Waals surface area contributed by atoms with Crippen LogP contribution in [0.25, 0.3) is 11.0 Å². The summed E-state index contributed by atoms with van der Waals surface area (Å²) in [5, 5.41) is 0.799. The molecule has 0 N–H and O–H groups in total. The lowest BCUT2D eigenvalue weighted by Gasteiger charge is -2.21. The third kappa shape index (κ3) is 5.10. The highest BCUT2D eigenvalue weighted by Gasteiger charge is 2.35. The van der Waals surface area contributed by atoms with Gasteiger partial charge in [-0.25, -0.2) is 4.98 Å². The topological polar surface area (TPSA) is 47.4 Å². The van der Waals surface area contributed by atoms with E-state index in [1.54, 1.807) is 0 Å². The van der Waals surface area contributed by atoms with Crippen molar-refractivity contribution in [2.75, 3.05) is 18.1 Å². The highest BCUT2D eigenvalue weighted by molar-refractivity contribution is 6.32. The van der Waals surface area contributed by atoms with E-state index >= 15 is 0 Å². The van der Waals surface area contributed by atoms with Crippen molar-refractivity contribution in [3.63, 3.8) is 0 Å². The van der Waals surface area contributed by atoms with Gasteiger partial charge in [-0.1, -0.05) is 41.9 Å². The lowest BCUT2D eigenvalue weighted by atomic mass is 10.1. The van der Waals surface area contributed by atoms with Crippen LogP contribution < -0.4 is 9.64 Å². The Hall–Kier alpha value is -3.31. The summed E-state index contributed by atoms with van der Waals surface area (Å²) in [6.45, 7) is 10.3. The molecule has 3 aromatic carbocycles. The van der Waals surface area contributed by atoms with Gasteiger partial charge in [0.05, 0.1) is 17.6 Å². The summed E-state index contributed by atoms with van der Waals surface area (Å²) >= 11 is 6.29. The fraction of sp³-hybridized carbons (Fsp3) is 0.355. The molecule has 4 aromatic rings. The first-order valence-electron chi connectivity index (χ1n) is 13.0. The Bertz CT molecular complexity index is 1420. The van der Waals surface area contributed by atoms with Crippen molar-refractivity contribution in [2.45, 2.75) is 59.4 Å². The first-order chi connectivity index (χ1) is 17.8. The number of benzene rings is 3. The predicted molar refractivity (Wildman–Crippen MR) is 151 cm³/mol. The van der Waals surface area contributed by atoms with Crippen LogP contribution in [0.1, 0.15) is 53.3 Å². The summed E-state index contributed by atoms with van der Waals surface area (Å²) in [6, 6.07) is 18.5. The lowest BCUT2D eigenvalue weighted by Crippen LogP contribution is -2.26. The third-order valence-corrected chi connectivity index (χ3v) is 7.93. The Balaban J connectivity index is 1.30. The van der Waals surface area contributed by atoms with Crippen molar-refractivity contribution < 1.29 is 9.53 Å². The van der Waals surface area contributed by atoms with Gasteiger partial charge in [-0.05, 0) is 87.1 Å². The average Bonchev–Trinajstić information content (AvgIpc) is 3.42. The molecule has 0 bridgehead atoms. The van der Waals surface area contributed by atoms with E-state index in [0.29, 0.717) is 19.6 Å². The van der Waals surface area contributed by atoms with E-state index < -0.39 is 0 Å². The maximum Gasteiger partial charge on any atom is 0.227 e. The minimum Gasteiger partial charge on any atom is -0.494 e. The molecule has 37 heavy (non-hydrogen) atoms. The molecule has 0 radical (unpaired) electrons. The van der Waals surface area contributed by atoms with Gasteiger partial charge in [0.1, 0.15) is 11.6 Å². The standard InChI is InChI=1S/C31H34ClN3O2/c1-20-10-9-11-21(2)30(20)35-19-24(18-28(35)36)31-33-26-12-5-6-13-27(26)34(31)14-7-8-15-37-25-16-22(3)29(32)23(4)17-25/h5-6,9-13,16-17,24H,7-8,14-15,18-19H2,1-4H3. The third-order valence-electron chi connectivity index (χ3n) is 7.34. The van der Waals surface area contributed by atoms with Crippen molar-refractivity contribution in [2.24, 2.45) is 0 Å². The molecular formula is C31H34ClN3O2. The van der Waals surface area contributed by atoms with Crippen molar-refractivity contribution in [3.05, 3.63) is 87.7 Å². The highest BCUT2D eigenvalue weighted by atomic mass is 35.5. The van der Waals surface area contributed by atoms with E-state index in [-0.39, 0.29) is 11.8 Å². The Labute approximate surface area is 224 Å². The number of fused-ring (bicyclic) bond motifs is 1. The summed E-state index contributed by atoms with van der Waals surface area (Å²) in [4.78, 5) is 20.1. The zero-order chi connectivity index (χ0) is 26.1. The SMILES string of the molecule is Cc1cc(OCCCCn2c(C3CC(=O)N(c4c(C)cccc4C)C3)nc3ccccc32)cc(C)c1Cl. The Morgan fingerprint density at radius 3 is 2.38 bits per heavy atom. The molecule has 1 amide bonds. The maximum atomic E-state index is 13.2. The van der Waals surface area contributed by atoms with Crippen LogP contribution in [-0.4, -0.2) is 28.6 Å². The number of carbonyl (C=O) groups is 1. The molecule has 1 aliphatic heterocycles.